The van der Waals surface area contributed by atoms with Crippen LogP contribution in [0.2, 0.25) is 5.15 Å². The summed E-state index contributed by atoms with van der Waals surface area (Å²) >= 11 is 7.34. The quantitative estimate of drug-likeness (QED) is 0.548. The van der Waals surface area contributed by atoms with Gasteiger partial charge in [0.2, 0.25) is 0 Å². The summed E-state index contributed by atoms with van der Waals surface area (Å²) < 4.78 is 1.49. The maximum atomic E-state index is 12.8. The number of pyridine rings is 1. The second-order valence-corrected chi connectivity index (χ2v) is 6.96. The van der Waals surface area contributed by atoms with Crippen LogP contribution >= 0.6 is 22.9 Å². The molecule has 0 aliphatic carbocycles. The highest BCUT2D eigenvalue weighted by molar-refractivity contribution is 7.17. The second-order valence-electron chi connectivity index (χ2n) is 5.60. The van der Waals surface area contributed by atoms with E-state index in [9.17, 15) is 10.1 Å². The zero-order valence-electron chi connectivity index (χ0n) is 14.2. The molecule has 0 saturated heterocycles. The number of amides is 1. The molecule has 4 rings (SSSR count). The fraction of sp³-hybridized carbons (Fsp3) is 0. The molecule has 0 aliphatic heterocycles. The molecular formula is C19H11ClN6OS. The van der Waals surface area contributed by atoms with Gasteiger partial charge in [0.05, 0.1) is 11.9 Å². The van der Waals surface area contributed by atoms with E-state index >= 15 is 0 Å². The summed E-state index contributed by atoms with van der Waals surface area (Å²) in [6.45, 7) is 0. The van der Waals surface area contributed by atoms with E-state index in [1.54, 1.807) is 18.5 Å². The van der Waals surface area contributed by atoms with Crippen molar-refractivity contribution in [2.75, 3.05) is 5.32 Å². The largest absolute Gasteiger partial charge is 0.305 e. The smallest absolute Gasteiger partial charge is 0.270 e. The molecule has 0 spiro atoms. The van der Waals surface area contributed by atoms with Gasteiger partial charge < -0.3 is 5.32 Å². The summed E-state index contributed by atoms with van der Waals surface area (Å²) in [5.74, 6) is -0.196. The van der Waals surface area contributed by atoms with Crippen LogP contribution in [0.1, 0.15) is 15.2 Å². The first-order chi connectivity index (χ1) is 13.7. The molecule has 1 amide bonds. The molecule has 136 valence electrons. The van der Waals surface area contributed by atoms with E-state index in [-0.39, 0.29) is 21.4 Å². The van der Waals surface area contributed by atoms with Crippen LogP contribution in [0.3, 0.4) is 0 Å². The van der Waals surface area contributed by atoms with Crippen molar-refractivity contribution in [3.63, 3.8) is 0 Å². The summed E-state index contributed by atoms with van der Waals surface area (Å²) in [6, 6.07) is 14.9. The van der Waals surface area contributed by atoms with E-state index in [0.717, 1.165) is 16.9 Å². The number of thiazole rings is 1. The lowest BCUT2D eigenvalue weighted by Gasteiger charge is -2.08. The van der Waals surface area contributed by atoms with Crippen LogP contribution in [-0.2, 0) is 0 Å². The number of aromatic nitrogens is 4. The zero-order valence-corrected chi connectivity index (χ0v) is 15.8. The van der Waals surface area contributed by atoms with Gasteiger partial charge in [-0.15, -0.1) is 11.3 Å². The van der Waals surface area contributed by atoms with Gasteiger partial charge >= 0.3 is 0 Å². The molecule has 0 fully saturated rings. The van der Waals surface area contributed by atoms with Crippen LogP contribution in [0.15, 0.2) is 61.1 Å². The van der Waals surface area contributed by atoms with Crippen molar-refractivity contribution < 1.29 is 4.79 Å². The number of benzene rings is 1. The molecule has 9 heteroatoms. The highest BCUT2D eigenvalue weighted by Gasteiger charge is 2.21. The molecule has 0 unspecified atom stereocenters. The molecule has 0 radical (unpaired) electrons. The van der Waals surface area contributed by atoms with Crippen LogP contribution in [0.5, 0.6) is 0 Å². The van der Waals surface area contributed by atoms with E-state index in [1.807, 2.05) is 42.5 Å². The number of nitriles is 1. The Labute approximate surface area is 168 Å². The Hall–Kier alpha value is -3.54. The number of carbonyl (C=O) groups is 1. The van der Waals surface area contributed by atoms with Gasteiger partial charge in [0.1, 0.15) is 21.5 Å². The predicted molar refractivity (Wildman–Crippen MR) is 107 cm³/mol. The van der Waals surface area contributed by atoms with Gasteiger partial charge in [-0.1, -0.05) is 29.8 Å². The first kappa shape index (κ1) is 17.9. The van der Waals surface area contributed by atoms with Gasteiger partial charge in [-0.25, -0.2) is 9.67 Å². The van der Waals surface area contributed by atoms with Crippen molar-refractivity contribution in [2.45, 2.75) is 0 Å². The molecule has 4 aromatic rings. The third-order valence-corrected chi connectivity index (χ3v) is 5.31. The number of rotatable bonds is 4. The zero-order chi connectivity index (χ0) is 19.5. The maximum absolute atomic E-state index is 12.8. The minimum Gasteiger partial charge on any atom is -0.305 e. The third kappa shape index (κ3) is 3.36. The second kappa shape index (κ2) is 7.60. The Morgan fingerprint density at radius 1 is 1.18 bits per heavy atom. The molecular weight excluding hydrogens is 396 g/mol. The number of nitrogens with one attached hydrogen (secondary N) is 1. The highest BCUT2D eigenvalue weighted by Crippen LogP contribution is 2.31. The predicted octanol–water partition coefficient (Wildman–Crippen LogP) is 4.17. The standard InChI is InChI=1S/C19H11ClN6OS/c20-16-15(28-19(24-16)12-5-4-8-22-10-12)18(27)25-17-13(9-21)11-23-26(17)14-6-2-1-3-7-14/h1-8,10-11H,(H,25,27). The first-order valence-electron chi connectivity index (χ1n) is 8.09. The first-order valence-corrected chi connectivity index (χ1v) is 9.28. The number of carbonyl (C=O) groups excluding carboxylic acids is 1. The van der Waals surface area contributed by atoms with Crippen LogP contribution in [0.25, 0.3) is 16.3 Å². The lowest BCUT2D eigenvalue weighted by atomic mass is 10.3. The van der Waals surface area contributed by atoms with Crippen LogP contribution in [0, 0.1) is 11.3 Å². The van der Waals surface area contributed by atoms with Gasteiger partial charge in [0.15, 0.2) is 11.0 Å². The van der Waals surface area contributed by atoms with E-state index in [2.05, 4.69) is 20.4 Å². The number of hydrogen-bond donors (Lipinski definition) is 1. The van der Waals surface area contributed by atoms with E-state index in [1.165, 1.54) is 10.9 Å². The fourth-order valence-corrected chi connectivity index (χ4v) is 3.71. The molecule has 1 N–H and O–H groups in total. The Morgan fingerprint density at radius 2 is 2.00 bits per heavy atom. The third-order valence-electron chi connectivity index (χ3n) is 3.82. The van der Waals surface area contributed by atoms with Crippen molar-refractivity contribution in [1.29, 1.82) is 5.26 Å². The average Bonchev–Trinajstić information content (AvgIpc) is 3.32. The topological polar surface area (TPSA) is 96.5 Å². The number of hydrogen-bond acceptors (Lipinski definition) is 6. The Balaban J connectivity index is 1.68. The number of anilines is 1. The Bertz CT molecular complexity index is 1180. The molecule has 28 heavy (non-hydrogen) atoms. The molecule has 0 bridgehead atoms. The summed E-state index contributed by atoms with van der Waals surface area (Å²) in [4.78, 5) is 21.4. The fourth-order valence-electron chi connectivity index (χ4n) is 2.53. The monoisotopic (exact) mass is 406 g/mol. The van der Waals surface area contributed by atoms with Gasteiger partial charge in [-0.2, -0.15) is 10.4 Å². The van der Waals surface area contributed by atoms with Crippen LogP contribution in [0.4, 0.5) is 5.82 Å². The SMILES string of the molecule is N#Cc1cnn(-c2ccccc2)c1NC(=O)c1sc(-c2cccnc2)nc1Cl. The summed E-state index contributed by atoms with van der Waals surface area (Å²) in [6.07, 6.45) is 4.70. The summed E-state index contributed by atoms with van der Waals surface area (Å²) in [5, 5.41) is 17.0. The number of para-hydroxylation sites is 1. The Kier molecular flexibility index (Phi) is 4.85. The van der Waals surface area contributed by atoms with Crippen molar-refractivity contribution in [1.82, 2.24) is 19.7 Å². The summed E-state index contributed by atoms with van der Waals surface area (Å²) in [7, 11) is 0. The van der Waals surface area contributed by atoms with Gasteiger partial charge in [-0.3, -0.25) is 9.78 Å². The van der Waals surface area contributed by atoms with E-state index in [4.69, 9.17) is 11.6 Å². The average molecular weight is 407 g/mol. The molecule has 3 heterocycles. The number of halogens is 1. The van der Waals surface area contributed by atoms with Crippen molar-refractivity contribution >= 4 is 34.7 Å². The van der Waals surface area contributed by atoms with Gasteiger partial charge in [0, 0.05) is 18.0 Å². The maximum Gasteiger partial charge on any atom is 0.270 e. The molecule has 3 aromatic heterocycles. The van der Waals surface area contributed by atoms with Crippen LogP contribution in [-0.4, -0.2) is 25.7 Å². The Morgan fingerprint density at radius 3 is 2.71 bits per heavy atom. The number of nitrogens with zero attached hydrogens (tertiary/aromatic N) is 5. The van der Waals surface area contributed by atoms with Crippen molar-refractivity contribution in [3.05, 3.63) is 76.6 Å². The molecule has 7 nitrogen and oxygen atoms in total. The molecule has 0 atom stereocenters. The molecule has 1 aromatic carbocycles. The lowest BCUT2D eigenvalue weighted by molar-refractivity contribution is 0.102. The molecule has 0 saturated carbocycles. The van der Waals surface area contributed by atoms with Crippen molar-refractivity contribution in [2.24, 2.45) is 0 Å². The minimum atomic E-state index is -0.466. The van der Waals surface area contributed by atoms with Gasteiger partial charge in [0.25, 0.3) is 5.91 Å². The van der Waals surface area contributed by atoms with E-state index in [0.29, 0.717) is 10.7 Å². The summed E-state index contributed by atoms with van der Waals surface area (Å²) in [5.41, 5.74) is 1.72. The minimum absolute atomic E-state index is 0.0886. The van der Waals surface area contributed by atoms with Crippen LogP contribution < -0.4 is 5.32 Å². The van der Waals surface area contributed by atoms with Gasteiger partial charge in [-0.05, 0) is 24.3 Å². The van der Waals surface area contributed by atoms with E-state index < -0.39 is 5.91 Å². The lowest BCUT2D eigenvalue weighted by Crippen LogP contribution is -2.15. The van der Waals surface area contributed by atoms with Crippen molar-refractivity contribution in [3.8, 4) is 22.3 Å². The normalized spacial score (nSPS) is 10.4. The highest BCUT2D eigenvalue weighted by atomic mass is 35.5. The molecule has 0 aliphatic rings.